The van der Waals surface area contributed by atoms with Crippen molar-refractivity contribution in [2.75, 3.05) is 19.8 Å². The Kier molecular flexibility index (Phi) is 2.39. The Balaban J connectivity index is 2.31. The van der Waals surface area contributed by atoms with E-state index in [0.29, 0.717) is 25.6 Å². The molecule has 0 atom stereocenters. The van der Waals surface area contributed by atoms with Gasteiger partial charge in [-0.05, 0) is 12.8 Å². The van der Waals surface area contributed by atoms with Gasteiger partial charge in [0.05, 0.1) is 0 Å². The first-order chi connectivity index (χ1) is 6.77. The van der Waals surface area contributed by atoms with E-state index in [1.54, 1.807) is 0 Å². The maximum Gasteiger partial charge on any atom is 0.340 e. The molecule has 6 heteroatoms. The highest BCUT2D eigenvalue weighted by molar-refractivity contribution is 5.08. The zero-order chi connectivity index (χ0) is 10.0. The third-order valence-electron chi connectivity index (χ3n) is 2.84. The fourth-order valence-electron chi connectivity index (χ4n) is 1.82. The second-order valence-corrected chi connectivity index (χ2v) is 3.62. The third kappa shape index (κ3) is 1.46. The van der Waals surface area contributed by atoms with E-state index in [2.05, 4.69) is 15.2 Å². The van der Waals surface area contributed by atoms with Gasteiger partial charge in [0.25, 0.3) is 0 Å². The number of aromatic amines is 2. The van der Waals surface area contributed by atoms with E-state index in [0.717, 1.165) is 12.8 Å². The summed E-state index contributed by atoms with van der Waals surface area (Å²) in [5, 5.41) is 6.32. The number of ether oxygens (including phenoxy) is 1. The topological polar surface area (TPSA) is 96.8 Å². The second-order valence-electron chi connectivity index (χ2n) is 3.62. The zero-order valence-electron chi connectivity index (χ0n) is 7.88. The van der Waals surface area contributed by atoms with Crippen molar-refractivity contribution in [1.82, 2.24) is 15.2 Å². The first-order valence-electron chi connectivity index (χ1n) is 4.70. The van der Waals surface area contributed by atoms with Crippen molar-refractivity contribution in [1.29, 1.82) is 0 Å². The molecule has 1 aliphatic rings. The molecule has 1 aromatic rings. The molecule has 1 aliphatic heterocycles. The van der Waals surface area contributed by atoms with Crippen molar-refractivity contribution in [3.63, 3.8) is 0 Å². The Morgan fingerprint density at radius 3 is 2.71 bits per heavy atom. The number of hydrogen-bond acceptors (Lipinski definition) is 4. The van der Waals surface area contributed by atoms with Crippen LogP contribution in [0.3, 0.4) is 0 Å². The molecular weight excluding hydrogens is 184 g/mol. The largest absolute Gasteiger partial charge is 0.381 e. The number of nitrogens with zero attached hydrogens (tertiary/aromatic N) is 1. The van der Waals surface area contributed by atoms with Crippen LogP contribution in [0, 0.1) is 0 Å². The summed E-state index contributed by atoms with van der Waals surface area (Å²) < 4.78 is 5.27. The molecule has 0 aromatic carbocycles. The maximum absolute atomic E-state index is 10.9. The first kappa shape index (κ1) is 9.42. The lowest BCUT2D eigenvalue weighted by Crippen LogP contribution is -2.41. The SMILES string of the molecule is NCC1(c2n[nH]c(=O)[nH]2)CCOCC1. The molecule has 2 heterocycles. The van der Waals surface area contributed by atoms with Crippen LogP contribution in [0.4, 0.5) is 0 Å². The summed E-state index contributed by atoms with van der Waals surface area (Å²) in [6.45, 7) is 1.83. The smallest absolute Gasteiger partial charge is 0.340 e. The van der Waals surface area contributed by atoms with E-state index in [9.17, 15) is 4.79 Å². The first-order valence-corrected chi connectivity index (χ1v) is 4.70. The predicted molar refractivity (Wildman–Crippen MR) is 50.0 cm³/mol. The molecule has 0 radical (unpaired) electrons. The van der Waals surface area contributed by atoms with E-state index >= 15 is 0 Å². The average Bonchev–Trinajstić information content (AvgIpc) is 2.66. The molecule has 0 amide bonds. The summed E-state index contributed by atoms with van der Waals surface area (Å²) >= 11 is 0. The van der Waals surface area contributed by atoms with Crippen molar-refractivity contribution in [2.24, 2.45) is 5.73 Å². The molecule has 0 saturated carbocycles. The normalized spacial score (nSPS) is 20.9. The van der Waals surface area contributed by atoms with Gasteiger partial charge in [0.2, 0.25) is 0 Å². The molecular formula is C8H14N4O2. The molecule has 14 heavy (non-hydrogen) atoms. The Labute approximate surface area is 80.8 Å². The van der Waals surface area contributed by atoms with Crippen LogP contribution < -0.4 is 11.4 Å². The Morgan fingerprint density at radius 2 is 2.21 bits per heavy atom. The van der Waals surface area contributed by atoms with E-state index < -0.39 is 0 Å². The summed E-state index contributed by atoms with van der Waals surface area (Å²) in [6, 6.07) is 0. The highest BCUT2D eigenvalue weighted by atomic mass is 16.5. The predicted octanol–water partition coefficient (Wildman–Crippen LogP) is -0.895. The number of rotatable bonds is 2. The van der Waals surface area contributed by atoms with Crippen LogP contribution in [-0.2, 0) is 10.2 Å². The van der Waals surface area contributed by atoms with Gasteiger partial charge in [0.1, 0.15) is 5.82 Å². The minimum absolute atomic E-state index is 0.211. The van der Waals surface area contributed by atoms with Crippen LogP contribution in [0.2, 0.25) is 0 Å². The highest BCUT2D eigenvalue weighted by Crippen LogP contribution is 2.30. The summed E-state index contributed by atoms with van der Waals surface area (Å²) in [5.41, 5.74) is 5.26. The van der Waals surface area contributed by atoms with Crippen LogP contribution in [0.15, 0.2) is 4.79 Å². The van der Waals surface area contributed by atoms with Gasteiger partial charge in [-0.15, -0.1) is 0 Å². The minimum atomic E-state index is -0.278. The number of hydrogen-bond donors (Lipinski definition) is 3. The molecule has 4 N–H and O–H groups in total. The third-order valence-corrected chi connectivity index (χ3v) is 2.84. The van der Waals surface area contributed by atoms with Crippen LogP contribution >= 0.6 is 0 Å². The van der Waals surface area contributed by atoms with Gasteiger partial charge in [-0.2, -0.15) is 5.10 Å². The van der Waals surface area contributed by atoms with Crippen molar-refractivity contribution >= 4 is 0 Å². The second kappa shape index (κ2) is 3.55. The van der Waals surface area contributed by atoms with E-state index in [1.807, 2.05) is 0 Å². The Morgan fingerprint density at radius 1 is 1.50 bits per heavy atom. The lowest BCUT2D eigenvalue weighted by atomic mass is 9.79. The molecule has 0 spiro atoms. The summed E-state index contributed by atoms with van der Waals surface area (Å²) in [7, 11) is 0. The molecule has 1 fully saturated rings. The minimum Gasteiger partial charge on any atom is -0.381 e. The monoisotopic (exact) mass is 198 g/mol. The van der Waals surface area contributed by atoms with Crippen LogP contribution in [0.5, 0.6) is 0 Å². The number of aromatic nitrogens is 3. The molecule has 78 valence electrons. The van der Waals surface area contributed by atoms with Gasteiger partial charge in [0.15, 0.2) is 0 Å². The van der Waals surface area contributed by atoms with Crippen molar-refractivity contribution in [3.8, 4) is 0 Å². The van der Waals surface area contributed by atoms with Crippen molar-refractivity contribution < 1.29 is 4.74 Å². The fraction of sp³-hybridized carbons (Fsp3) is 0.750. The molecule has 6 nitrogen and oxygen atoms in total. The fourth-order valence-corrected chi connectivity index (χ4v) is 1.82. The van der Waals surface area contributed by atoms with Gasteiger partial charge in [-0.3, -0.25) is 4.98 Å². The van der Waals surface area contributed by atoms with Crippen LogP contribution in [-0.4, -0.2) is 34.9 Å². The quantitative estimate of drug-likeness (QED) is 0.574. The average molecular weight is 198 g/mol. The zero-order valence-corrected chi connectivity index (χ0v) is 7.88. The lowest BCUT2D eigenvalue weighted by Gasteiger charge is -2.33. The molecule has 2 rings (SSSR count). The lowest BCUT2D eigenvalue weighted by molar-refractivity contribution is 0.0500. The molecule has 1 aromatic heterocycles. The van der Waals surface area contributed by atoms with Gasteiger partial charge in [-0.25, -0.2) is 9.89 Å². The van der Waals surface area contributed by atoms with Gasteiger partial charge in [0, 0.05) is 25.2 Å². The number of nitrogens with one attached hydrogen (secondary N) is 2. The van der Waals surface area contributed by atoms with Crippen LogP contribution in [0.25, 0.3) is 0 Å². The molecule has 0 unspecified atom stereocenters. The van der Waals surface area contributed by atoms with Gasteiger partial charge < -0.3 is 10.5 Å². The summed E-state index contributed by atoms with van der Waals surface area (Å²) in [4.78, 5) is 13.6. The highest BCUT2D eigenvalue weighted by Gasteiger charge is 2.36. The van der Waals surface area contributed by atoms with E-state index in [4.69, 9.17) is 10.5 Å². The van der Waals surface area contributed by atoms with E-state index in [1.165, 1.54) is 0 Å². The maximum atomic E-state index is 10.9. The van der Waals surface area contributed by atoms with Gasteiger partial charge in [-0.1, -0.05) is 0 Å². The molecule has 0 bridgehead atoms. The molecule has 1 saturated heterocycles. The van der Waals surface area contributed by atoms with Crippen molar-refractivity contribution in [3.05, 3.63) is 16.3 Å². The summed E-state index contributed by atoms with van der Waals surface area (Å²) in [5.74, 6) is 0.660. The Hall–Kier alpha value is -1.14. The molecule has 0 aliphatic carbocycles. The number of H-pyrrole nitrogens is 2. The number of nitrogens with two attached hydrogens (primary N) is 1. The van der Waals surface area contributed by atoms with Crippen molar-refractivity contribution in [2.45, 2.75) is 18.3 Å². The van der Waals surface area contributed by atoms with Crippen LogP contribution in [0.1, 0.15) is 18.7 Å². The van der Waals surface area contributed by atoms with Gasteiger partial charge >= 0.3 is 5.69 Å². The standard InChI is InChI=1S/C8H14N4O2/c9-5-8(1-3-14-4-2-8)6-10-7(13)12-11-6/h1-5,9H2,(H2,10,11,12,13). The Bertz CT molecular complexity index is 350. The van der Waals surface area contributed by atoms with E-state index in [-0.39, 0.29) is 11.1 Å². The summed E-state index contributed by atoms with van der Waals surface area (Å²) in [6.07, 6.45) is 1.62.